The molecule has 2 amide bonds. The number of benzene rings is 1. The van der Waals surface area contributed by atoms with Crippen molar-refractivity contribution >= 4 is 11.8 Å². The van der Waals surface area contributed by atoms with Crippen LogP contribution in [-0.4, -0.2) is 36.3 Å². The van der Waals surface area contributed by atoms with Crippen LogP contribution < -0.4 is 5.32 Å². The Morgan fingerprint density at radius 3 is 2.72 bits per heavy atom. The van der Waals surface area contributed by atoms with Gasteiger partial charge < -0.3 is 10.2 Å². The Balaban J connectivity index is 2.00. The van der Waals surface area contributed by atoms with Crippen molar-refractivity contribution in [3.05, 3.63) is 35.9 Å². The van der Waals surface area contributed by atoms with Crippen LogP contribution in [0, 0.1) is 0 Å². The van der Waals surface area contributed by atoms with E-state index >= 15 is 0 Å². The molecule has 0 spiro atoms. The largest absolute Gasteiger partial charge is 0.347 e. The molecule has 0 radical (unpaired) electrons. The zero-order valence-corrected chi connectivity index (χ0v) is 10.6. The molecule has 0 bridgehead atoms. The van der Waals surface area contributed by atoms with Gasteiger partial charge in [-0.3, -0.25) is 9.59 Å². The number of hydrogen-bond acceptors (Lipinski definition) is 2. The minimum Gasteiger partial charge on any atom is -0.347 e. The topological polar surface area (TPSA) is 49.4 Å². The second-order valence-corrected chi connectivity index (χ2v) is 4.68. The molecule has 1 aliphatic heterocycles. The lowest BCUT2D eigenvalue weighted by molar-refractivity contribution is -0.130. The van der Waals surface area contributed by atoms with E-state index < -0.39 is 0 Å². The number of nitrogens with one attached hydrogen (secondary N) is 1. The van der Waals surface area contributed by atoms with Crippen molar-refractivity contribution in [3.63, 3.8) is 0 Å². The first-order chi connectivity index (χ1) is 8.66. The summed E-state index contributed by atoms with van der Waals surface area (Å²) in [4.78, 5) is 24.9. The highest BCUT2D eigenvalue weighted by Crippen LogP contribution is 2.16. The van der Waals surface area contributed by atoms with Gasteiger partial charge in [-0.05, 0) is 11.5 Å². The number of nitrogens with zero attached hydrogens (tertiary/aromatic N) is 1. The molecule has 1 unspecified atom stereocenters. The molecule has 4 heteroatoms. The van der Waals surface area contributed by atoms with E-state index in [9.17, 15) is 9.59 Å². The van der Waals surface area contributed by atoms with E-state index in [1.54, 1.807) is 4.90 Å². The quantitative estimate of drug-likeness (QED) is 0.869. The standard InChI is InChI=1S/C14H18N2O2/c1-11(12-5-3-2-4-6-12)10-16-8-7-13(17)15-9-14(16)18/h2-6,11H,7-10H2,1H3,(H,15,17). The van der Waals surface area contributed by atoms with E-state index in [0.29, 0.717) is 19.5 Å². The first-order valence-corrected chi connectivity index (χ1v) is 6.26. The summed E-state index contributed by atoms with van der Waals surface area (Å²) in [7, 11) is 0. The van der Waals surface area contributed by atoms with E-state index in [1.807, 2.05) is 18.2 Å². The van der Waals surface area contributed by atoms with Crippen LogP contribution in [0.25, 0.3) is 0 Å². The minimum absolute atomic E-state index is 0.00336. The minimum atomic E-state index is -0.0433. The number of rotatable bonds is 3. The number of hydrogen-bond donors (Lipinski definition) is 1. The summed E-state index contributed by atoms with van der Waals surface area (Å²) >= 11 is 0. The highest BCUT2D eigenvalue weighted by Gasteiger charge is 2.21. The van der Waals surface area contributed by atoms with Crippen LogP contribution in [0.15, 0.2) is 30.3 Å². The second-order valence-electron chi connectivity index (χ2n) is 4.68. The van der Waals surface area contributed by atoms with Gasteiger partial charge in [-0.15, -0.1) is 0 Å². The van der Waals surface area contributed by atoms with E-state index in [4.69, 9.17) is 0 Å². The van der Waals surface area contributed by atoms with Crippen molar-refractivity contribution in [1.82, 2.24) is 10.2 Å². The Bertz CT molecular complexity index is 431. The van der Waals surface area contributed by atoms with Crippen LogP contribution in [0.3, 0.4) is 0 Å². The molecule has 1 aromatic carbocycles. The summed E-state index contributed by atoms with van der Waals surface area (Å²) in [6.07, 6.45) is 0.396. The molecule has 1 N–H and O–H groups in total. The smallest absolute Gasteiger partial charge is 0.241 e. The Hall–Kier alpha value is -1.84. The molecule has 1 saturated heterocycles. The first kappa shape index (κ1) is 12.6. The Morgan fingerprint density at radius 1 is 1.28 bits per heavy atom. The van der Waals surface area contributed by atoms with Gasteiger partial charge >= 0.3 is 0 Å². The Morgan fingerprint density at radius 2 is 2.00 bits per heavy atom. The lowest BCUT2D eigenvalue weighted by Gasteiger charge is -2.24. The zero-order chi connectivity index (χ0) is 13.0. The summed E-state index contributed by atoms with van der Waals surface area (Å²) in [6, 6.07) is 10.1. The summed E-state index contributed by atoms with van der Waals surface area (Å²) in [5.41, 5.74) is 1.22. The van der Waals surface area contributed by atoms with Crippen LogP contribution in [0.5, 0.6) is 0 Å². The molecule has 0 saturated carbocycles. The van der Waals surface area contributed by atoms with Gasteiger partial charge in [0.25, 0.3) is 0 Å². The van der Waals surface area contributed by atoms with Crippen molar-refractivity contribution in [2.75, 3.05) is 19.6 Å². The fourth-order valence-electron chi connectivity index (χ4n) is 2.15. The number of carbonyl (C=O) groups excluding carboxylic acids is 2. The summed E-state index contributed by atoms with van der Waals surface area (Å²) in [5, 5.41) is 2.61. The lowest BCUT2D eigenvalue weighted by Crippen LogP contribution is -2.37. The molecule has 96 valence electrons. The average molecular weight is 246 g/mol. The van der Waals surface area contributed by atoms with Gasteiger partial charge in [-0.1, -0.05) is 37.3 Å². The van der Waals surface area contributed by atoms with Crippen LogP contribution in [0.4, 0.5) is 0 Å². The van der Waals surface area contributed by atoms with Gasteiger partial charge in [-0.2, -0.15) is 0 Å². The van der Waals surface area contributed by atoms with Crippen molar-refractivity contribution in [2.24, 2.45) is 0 Å². The van der Waals surface area contributed by atoms with Crippen LogP contribution >= 0.6 is 0 Å². The van der Waals surface area contributed by atoms with Gasteiger partial charge in [0.05, 0.1) is 6.54 Å². The predicted octanol–water partition coefficient (Wildman–Crippen LogP) is 1.14. The van der Waals surface area contributed by atoms with E-state index in [-0.39, 0.29) is 24.3 Å². The van der Waals surface area contributed by atoms with E-state index in [1.165, 1.54) is 5.56 Å². The fourth-order valence-corrected chi connectivity index (χ4v) is 2.15. The van der Waals surface area contributed by atoms with Gasteiger partial charge in [0.1, 0.15) is 0 Å². The molecule has 4 nitrogen and oxygen atoms in total. The summed E-state index contributed by atoms with van der Waals surface area (Å²) in [6.45, 7) is 3.41. The lowest BCUT2D eigenvalue weighted by atomic mass is 10.0. The van der Waals surface area contributed by atoms with Gasteiger partial charge in [0.15, 0.2) is 0 Å². The first-order valence-electron chi connectivity index (χ1n) is 6.26. The zero-order valence-electron chi connectivity index (χ0n) is 10.6. The van der Waals surface area contributed by atoms with Crippen molar-refractivity contribution in [3.8, 4) is 0 Å². The average Bonchev–Trinajstić information content (AvgIpc) is 2.55. The highest BCUT2D eigenvalue weighted by atomic mass is 16.2. The molecule has 2 rings (SSSR count). The molecule has 0 aliphatic carbocycles. The Kier molecular flexibility index (Phi) is 3.97. The van der Waals surface area contributed by atoms with Gasteiger partial charge in [0, 0.05) is 19.5 Å². The molecule has 18 heavy (non-hydrogen) atoms. The van der Waals surface area contributed by atoms with Gasteiger partial charge in [-0.25, -0.2) is 0 Å². The predicted molar refractivity (Wildman–Crippen MR) is 69.1 cm³/mol. The third-order valence-corrected chi connectivity index (χ3v) is 3.26. The van der Waals surface area contributed by atoms with Crippen molar-refractivity contribution in [1.29, 1.82) is 0 Å². The third kappa shape index (κ3) is 3.09. The normalized spacial score (nSPS) is 18.2. The molecule has 1 atom stereocenters. The maximum Gasteiger partial charge on any atom is 0.241 e. The van der Waals surface area contributed by atoms with Crippen LogP contribution in [-0.2, 0) is 9.59 Å². The van der Waals surface area contributed by atoms with Crippen LogP contribution in [0.2, 0.25) is 0 Å². The molecule has 1 heterocycles. The molecule has 1 aliphatic rings. The second kappa shape index (κ2) is 5.67. The van der Waals surface area contributed by atoms with E-state index in [0.717, 1.165) is 0 Å². The summed E-state index contributed by atoms with van der Waals surface area (Å²) in [5.74, 6) is 0.241. The maximum absolute atomic E-state index is 11.8. The molecular weight excluding hydrogens is 228 g/mol. The molecule has 1 fully saturated rings. The molecule has 1 aromatic rings. The third-order valence-electron chi connectivity index (χ3n) is 3.26. The molecular formula is C14H18N2O2. The number of carbonyl (C=O) groups is 2. The van der Waals surface area contributed by atoms with Crippen molar-refractivity contribution in [2.45, 2.75) is 19.3 Å². The highest BCUT2D eigenvalue weighted by molar-refractivity contribution is 5.87. The number of amides is 2. The molecule has 0 aromatic heterocycles. The van der Waals surface area contributed by atoms with Crippen molar-refractivity contribution < 1.29 is 9.59 Å². The maximum atomic E-state index is 11.8. The monoisotopic (exact) mass is 246 g/mol. The Labute approximate surface area is 107 Å². The fraction of sp³-hybridized carbons (Fsp3) is 0.429. The SMILES string of the molecule is CC(CN1CCC(=O)NCC1=O)c1ccccc1. The van der Waals surface area contributed by atoms with Gasteiger partial charge in [0.2, 0.25) is 11.8 Å². The summed E-state index contributed by atoms with van der Waals surface area (Å²) < 4.78 is 0. The van der Waals surface area contributed by atoms with Crippen LogP contribution in [0.1, 0.15) is 24.8 Å². The van der Waals surface area contributed by atoms with E-state index in [2.05, 4.69) is 24.4 Å².